The minimum Gasteiger partial charge on any atom is -0.392 e. The summed E-state index contributed by atoms with van der Waals surface area (Å²) in [7, 11) is 0. The van der Waals surface area contributed by atoms with Crippen molar-refractivity contribution in [3.05, 3.63) is 16.6 Å². The van der Waals surface area contributed by atoms with E-state index in [0.717, 1.165) is 11.4 Å². The molecule has 1 saturated carbocycles. The topological polar surface area (TPSA) is 33.1 Å². The molecule has 1 heterocycles. The second-order valence-corrected chi connectivity index (χ2v) is 5.43. The highest BCUT2D eigenvalue weighted by atomic mass is 32.1. The van der Waals surface area contributed by atoms with E-state index < -0.39 is 0 Å². The van der Waals surface area contributed by atoms with Crippen LogP contribution in [0.5, 0.6) is 0 Å². The summed E-state index contributed by atoms with van der Waals surface area (Å²) in [5, 5.41) is 13.2. The molecule has 0 amide bonds. The average Bonchev–Trinajstić information content (AvgIpc) is 2.58. The Bertz CT molecular complexity index is 265. The Morgan fingerprint density at radius 3 is 2.67 bits per heavy atom. The normalized spacial score (nSPS) is 21.1. The number of aromatic nitrogens is 1. The number of rotatable bonds is 3. The molecule has 0 bridgehead atoms. The van der Waals surface area contributed by atoms with E-state index >= 15 is 0 Å². The summed E-state index contributed by atoms with van der Waals surface area (Å²) < 4.78 is 0. The van der Waals surface area contributed by atoms with E-state index in [-0.39, 0.29) is 6.10 Å². The van der Waals surface area contributed by atoms with E-state index in [4.69, 9.17) is 0 Å². The molecule has 2 nitrogen and oxygen atoms in total. The minimum absolute atomic E-state index is 0.172. The summed E-state index contributed by atoms with van der Waals surface area (Å²) in [6.07, 6.45) is 10.1. The Kier molecular flexibility index (Phi) is 4.15. The molecule has 1 N–H and O–H groups in total. The van der Waals surface area contributed by atoms with Gasteiger partial charge in [-0.05, 0) is 18.8 Å². The van der Waals surface area contributed by atoms with E-state index in [9.17, 15) is 5.11 Å². The van der Waals surface area contributed by atoms with Gasteiger partial charge in [0.15, 0.2) is 0 Å². The number of thiazole rings is 1. The zero-order chi connectivity index (χ0) is 10.5. The summed E-state index contributed by atoms with van der Waals surface area (Å²) in [6, 6.07) is 0. The average molecular weight is 225 g/mol. The van der Waals surface area contributed by atoms with Crippen molar-refractivity contribution in [2.75, 3.05) is 0 Å². The van der Waals surface area contributed by atoms with Crippen LogP contribution in [0.1, 0.15) is 43.5 Å². The maximum atomic E-state index is 10.1. The van der Waals surface area contributed by atoms with Crippen molar-refractivity contribution in [2.45, 2.75) is 51.0 Å². The fourth-order valence-electron chi connectivity index (χ4n) is 2.40. The van der Waals surface area contributed by atoms with Crippen molar-refractivity contribution < 1.29 is 5.11 Å². The van der Waals surface area contributed by atoms with Gasteiger partial charge in [-0.1, -0.05) is 25.7 Å². The summed E-state index contributed by atoms with van der Waals surface area (Å²) in [5.41, 5.74) is 0. The van der Waals surface area contributed by atoms with Crippen molar-refractivity contribution in [2.24, 2.45) is 5.92 Å². The fourth-order valence-corrected chi connectivity index (χ4v) is 3.06. The van der Waals surface area contributed by atoms with Crippen LogP contribution in [0, 0.1) is 5.92 Å². The molecule has 3 heteroatoms. The largest absolute Gasteiger partial charge is 0.392 e. The Morgan fingerprint density at radius 2 is 2.07 bits per heavy atom. The van der Waals surface area contributed by atoms with Gasteiger partial charge in [-0.2, -0.15) is 0 Å². The molecule has 1 fully saturated rings. The second-order valence-electron chi connectivity index (χ2n) is 4.45. The van der Waals surface area contributed by atoms with Gasteiger partial charge in [0.1, 0.15) is 0 Å². The maximum Gasteiger partial charge on any atom is 0.0950 e. The molecule has 1 aliphatic rings. The lowest BCUT2D eigenvalue weighted by Gasteiger charge is -2.20. The molecule has 0 aromatic carbocycles. The molecule has 1 aromatic rings. The third-order valence-electron chi connectivity index (χ3n) is 3.31. The number of aliphatic hydroxyl groups is 1. The Labute approximate surface area is 95.4 Å². The first-order valence-corrected chi connectivity index (χ1v) is 6.80. The van der Waals surface area contributed by atoms with Gasteiger partial charge in [0.25, 0.3) is 0 Å². The summed E-state index contributed by atoms with van der Waals surface area (Å²) in [4.78, 5) is 4.23. The molecule has 0 spiro atoms. The van der Waals surface area contributed by atoms with E-state index in [2.05, 4.69) is 4.98 Å². The molecular weight excluding hydrogens is 206 g/mol. The highest BCUT2D eigenvalue weighted by Crippen LogP contribution is 2.27. The number of hydrogen-bond acceptors (Lipinski definition) is 3. The molecule has 0 radical (unpaired) electrons. The van der Waals surface area contributed by atoms with Crippen molar-refractivity contribution in [3.8, 4) is 0 Å². The highest BCUT2D eigenvalue weighted by Gasteiger charge is 2.21. The molecule has 1 aliphatic carbocycles. The first-order valence-electron chi connectivity index (χ1n) is 5.92. The minimum atomic E-state index is -0.172. The third-order valence-corrected chi connectivity index (χ3v) is 4.11. The predicted molar refractivity (Wildman–Crippen MR) is 63.0 cm³/mol. The molecule has 84 valence electrons. The van der Waals surface area contributed by atoms with Crippen LogP contribution in [0.15, 0.2) is 11.6 Å². The van der Waals surface area contributed by atoms with Gasteiger partial charge in [-0.3, -0.25) is 0 Å². The zero-order valence-corrected chi connectivity index (χ0v) is 9.88. The van der Waals surface area contributed by atoms with E-state index in [0.29, 0.717) is 5.92 Å². The van der Waals surface area contributed by atoms with Gasteiger partial charge in [0.05, 0.1) is 11.1 Å². The molecule has 1 atom stereocenters. The van der Waals surface area contributed by atoms with Gasteiger partial charge in [0, 0.05) is 18.0 Å². The smallest absolute Gasteiger partial charge is 0.0950 e. The number of aliphatic hydroxyl groups excluding tert-OH is 1. The lowest BCUT2D eigenvalue weighted by Crippen LogP contribution is -2.22. The van der Waals surface area contributed by atoms with Gasteiger partial charge >= 0.3 is 0 Å². The SMILES string of the molecule is OC(Cc1nccs1)C1CCCCCC1. The van der Waals surface area contributed by atoms with Crippen LogP contribution in [-0.2, 0) is 6.42 Å². The van der Waals surface area contributed by atoms with Gasteiger partial charge in [-0.25, -0.2) is 4.98 Å². The summed E-state index contributed by atoms with van der Waals surface area (Å²) in [5.74, 6) is 0.511. The van der Waals surface area contributed by atoms with Crippen LogP contribution in [0.25, 0.3) is 0 Å². The molecule has 2 rings (SSSR count). The van der Waals surface area contributed by atoms with Crippen LogP contribution < -0.4 is 0 Å². The number of hydrogen-bond donors (Lipinski definition) is 1. The summed E-state index contributed by atoms with van der Waals surface area (Å²) in [6.45, 7) is 0. The van der Waals surface area contributed by atoms with Crippen LogP contribution >= 0.6 is 11.3 Å². The van der Waals surface area contributed by atoms with Crippen molar-refractivity contribution in [1.29, 1.82) is 0 Å². The van der Waals surface area contributed by atoms with Gasteiger partial charge in [-0.15, -0.1) is 11.3 Å². The molecule has 15 heavy (non-hydrogen) atoms. The quantitative estimate of drug-likeness (QED) is 0.802. The summed E-state index contributed by atoms with van der Waals surface area (Å²) >= 11 is 1.65. The highest BCUT2D eigenvalue weighted by molar-refractivity contribution is 7.09. The Hall–Kier alpha value is -0.410. The molecule has 1 unspecified atom stereocenters. The number of nitrogens with zero attached hydrogens (tertiary/aromatic N) is 1. The maximum absolute atomic E-state index is 10.1. The van der Waals surface area contributed by atoms with E-state index in [1.165, 1.54) is 38.5 Å². The standard InChI is InChI=1S/C12H19NOS/c14-11(9-12-13-7-8-15-12)10-5-3-1-2-4-6-10/h7-8,10-11,14H,1-6,9H2. The van der Waals surface area contributed by atoms with Crippen molar-refractivity contribution >= 4 is 11.3 Å². The lowest BCUT2D eigenvalue weighted by molar-refractivity contribution is 0.0985. The lowest BCUT2D eigenvalue weighted by atomic mass is 9.92. The van der Waals surface area contributed by atoms with Gasteiger partial charge < -0.3 is 5.11 Å². The molecule has 0 saturated heterocycles. The second kappa shape index (κ2) is 5.61. The van der Waals surface area contributed by atoms with Gasteiger partial charge in [0.2, 0.25) is 0 Å². The zero-order valence-electron chi connectivity index (χ0n) is 9.06. The van der Waals surface area contributed by atoms with E-state index in [1.54, 1.807) is 11.3 Å². The third kappa shape index (κ3) is 3.28. The first kappa shape index (κ1) is 11.1. The monoisotopic (exact) mass is 225 g/mol. The van der Waals surface area contributed by atoms with Crippen molar-refractivity contribution in [3.63, 3.8) is 0 Å². The van der Waals surface area contributed by atoms with Crippen LogP contribution in [0.3, 0.4) is 0 Å². The molecular formula is C12H19NOS. The molecule has 1 aromatic heterocycles. The van der Waals surface area contributed by atoms with Crippen LogP contribution in [-0.4, -0.2) is 16.2 Å². The Balaban J connectivity index is 1.86. The van der Waals surface area contributed by atoms with E-state index in [1.807, 2.05) is 11.6 Å². The Morgan fingerprint density at radius 1 is 1.33 bits per heavy atom. The van der Waals surface area contributed by atoms with Crippen molar-refractivity contribution in [1.82, 2.24) is 4.98 Å². The van der Waals surface area contributed by atoms with Crippen LogP contribution in [0.4, 0.5) is 0 Å². The van der Waals surface area contributed by atoms with Crippen LogP contribution in [0.2, 0.25) is 0 Å². The first-order chi connectivity index (χ1) is 7.36. The molecule has 0 aliphatic heterocycles. The predicted octanol–water partition coefficient (Wildman–Crippen LogP) is 3.02. The fraction of sp³-hybridized carbons (Fsp3) is 0.750.